The zero-order chi connectivity index (χ0) is 15.8. The monoisotopic (exact) mass is 296 g/mol. The molecule has 1 N–H and O–H groups in total. The minimum absolute atomic E-state index is 0.0605. The summed E-state index contributed by atoms with van der Waals surface area (Å²) in [6.07, 6.45) is 0.740. The first-order valence-corrected chi connectivity index (χ1v) is 6.55. The number of carbonyl (C=O) groups is 1. The van der Waals surface area contributed by atoms with E-state index in [0.29, 0.717) is 6.42 Å². The topological polar surface area (TPSA) is 81.5 Å². The van der Waals surface area contributed by atoms with Crippen LogP contribution >= 0.6 is 0 Å². The molecule has 1 aliphatic rings. The third-order valence-electron chi connectivity index (χ3n) is 4.17. The van der Waals surface area contributed by atoms with Gasteiger partial charge < -0.3 is 10.1 Å². The van der Waals surface area contributed by atoms with Gasteiger partial charge in [-0.2, -0.15) is 4.39 Å². The van der Waals surface area contributed by atoms with Crippen molar-refractivity contribution < 1.29 is 18.8 Å². The van der Waals surface area contributed by atoms with E-state index in [-0.39, 0.29) is 23.1 Å². The smallest absolute Gasteiger partial charge is 0.305 e. The molecule has 1 saturated carbocycles. The van der Waals surface area contributed by atoms with Crippen molar-refractivity contribution in [3.05, 3.63) is 39.7 Å². The van der Waals surface area contributed by atoms with E-state index in [2.05, 4.69) is 5.32 Å². The van der Waals surface area contributed by atoms with Crippen molar-refractivity contribution in [3.8, 4) is 0 Å². The van der Waals surface area contributed by atoms with Crippen LogP contribution < -0.4 is 5.32 Å². The van der Waals surface area contributed by atoms with Crippen LogP contribution in [-0.2, 0) is 4.74 Å². The second-order valence-corrected chi connectivity index (χ2v) is 5.73. The molecule has 0 spiro atoms. The Morgan fingerprint density at radius 3 is 2.71 bits per heavy atom. The molecule has 0 aromatic heterocycles. The summed E-state index contributed by atoms with van der Waals surface area (Å²) in [6.45, 7) is 3.95. The zero-order valence-corrected chi connectivity index (χ0v) is 12.1. The number of benzene rings is 1. The number of methoxy groups -OCH3 is 1. The Labute approximate surface area is 121 Å². The number of nitro groups is 1. The van der Waals surface area contributed by atoms with Gasteiger partial charge in [0.25, 0.3) is 5.91 Å². The van der Waals surface area contributed by atoms with Gasteiger partial charge in [0.15, 0.2) is 0 Å². The molecule has 2 atom stereocenters. The van der Waals surface area contributed by atoms with Crippen LogP contribution in [0.3, 0.4) is 0 Å². The van der Waals surface area contributed by atoms with Crippen molar-refractivity contribution >= 4 is 11.6 Å². The number of rotatable bonds is 4. The number of nitro benzene ring substituents is 1. The second kappa shape index (κ2) is 5.40. The number of nitrogens with zero attached hydrogens (tertiary/aromatic N) is 1. The van der Waals surface area contributed by atoms with E-state index in [1.807, 2.05) is 13.8 Å². The van der Waals surface area contributed by atoms with Crippen molar-refractivity contribution in [2.24, 2.45) is 5.41 Å². The van der Waals surface area contributed by atoms with Crippen LogP contribution in [0.25, 0.3) is 0 Å². The molecule has 21 heavy (non-hydrogen) atoms. The summed E-state index contributed by atoms with van der Waals surface area (Å²) in [5.41, 5.74) is -0.846. The molecule has 1 aromatic carbocycles. The van der Waals surface area contributed by atoms with E-state index >= 15 is 0 Å². The normalized spacial score (nSPS) is 23.2. The second-order valence-electron chi connectivity index (χ2n) is 5.73. The molecule has 0 saturated heterocycles. The summed E-state index contributed by atoms with van der Waals surface area (Å²) in [4.78, 5) is 22.0. The number of amides is 1. The van der Waals surface area contributed by atoms with Crippen LogP contribution in [0.4, 0.5) is 10.1 Å². The van der Waals surface area contributed by atoms with Gasteiger partial charge in [-0.1, -0.05) is 13.8 Å². The molecule has 0 radical (unpaired) electrons. The summed E-state index contributed by atoms with van der Waals surface area (Å²) in [5, 5.41) is 13.5. The van der Waals surface area contributed by atoms with Crippen molar-refractivity contribution in [2.75, 3.05) is 7.11 Å². The number of hydrogen-bond acceptors (Lipinski definition) is 4. The van der Waals surface area contributed by atoms with Crippen molar-refractivity contribution in [1.29, 1.82) is 0 Å². The predicted octanol–water partition coefficient (Wildman–Crippen LogP) is 2.28. The average molecular weight is 296 g/mol. The molecule has 6 nitrogen and oxygen atoms in total. The highest BCUT2D eigenvalue weighted by Gasteiger charge is 2.49. The molecule has 0 heterocycles. The standard InChI is InChI=1S/C14H17FN2O4/c1-14(2)11(7-12(14)21-3)16-13(18)8-4-5-9(15)10(6-8)17(19)20/h4-6,11-12H,7H2,1-3H3,(H,16,18). The maximum atomic E-state index is 13.3. The third-order valence-corrected chi connectivity index (χ3v) is 4.17. The number of ether oxygens (including phenoxy) is 1. The number of nitrogens with one attached hydrogen (secondary N) is 1. The van der Waals surface area contributed by atoms with E-state index in [1.54, 1.807) is 7.11 Å². The van der Waals surface area contributed by atoms with Gasteiger partial charge in [0.1, 0.15) is 0 Å². The van der Waals surface area contributed by atoms with Crippen molar-refractivity contribution in [2.45, 2.75) is 32.4 Å². The summed E-state index contributed by atoms with van der Waals surface area (Å²) in [6, 6.07) is 3.03. The largest absolute Gasteiger partial charge is 0.381 e. The maximum Gasteiger partial charge on any atom is 0.305 e. The number of carbonyl (C=O) groups excluding carboxylic acids is 1. The minimum Gasteiger partial charge on any atom is -0.381 e. The van der Waals surface area contributed by atoms with E-state index in [4.69, 9.17) is 4.74 Å². The fourth-order valence-corrected chi connectivity index (χ4v) is 2.57. The van der Waals surface area contributed by atoms with Gasteiger partial charge in [0.2, 0.25) is 5.82 Å². The van der Waals surface area contributed by atoms with Gasteiger partial charge in [-0.15, -0.1) is 0 Å². The van der Waals surface area contributed by atoms with Gasteiger partial charge in [0.05, 0.1) is 11.0 Å². The van der Waals surface area contributed by atoms with Crippen LogP contribution in [-0.4, -0.2) is 30.1 Å². The lowest BCUT2D eigenvalue weighted by molar-refractivity contribution is -0.387. The number of hydrogen-bond donors (Lipinski definition) is 1. The van der Waals surface area contributed by atoms with Crippen molar-refractivity contribution in [3.63, 3.8) is 0 Å². The maximum absolute atomic E-state index is 13.3. The molecule has 7 heteroatoms. The Hall–Kier alpha value is -2.02. The Kier molecular flexibility index (Phi) is 3.95. The average Bonchev–Trinajstić information content (AvgIpc) is 2.42. The Morgan fingerprint density at radius 1 is 1.52 bits per heavy atom. The van der Waals surface area contributed by atoms with Crippen LogP contribution in [0.5, 0.6) is 0 Å². The minimum atomic E-state index is -0.958. The van der Waals surface area contributed by atoms with Crippen molar-refractivity contribution in [1.82, 2.24) is 5.32 Å². The lowest BCUT2D eigenvalue weighted by Gasteiger charge is -2.51. The van der Waals surface area contributed by atoms with Gasteiger partial charge in [-0.05, 0) is 18.6 Å². The fourth-order valence-electron chi connectivity index (χ4n) is 2.57. The highest BCUT2D eigenvalue weighted by Crippen LogP contribution is 2.42. The van der Waals surface area contributed by atoms with Crippen LogP contribution in [0.15, 0.2) is 18.2 Å². The molecule has 2 unspecified atom stereocenters. The summed E-state index contributed by atoms with van der Waals surface area (Å²) < 4.78 is 18.5. The van der Waals surface area contributed by atoms with Gasteiger partial charge in [-0.3, -0.25) is 14.9 Å². The highest BCUT2D eigenvalue weighted by atomic mass is 19.1. The zero-order valence-electron chi connectivity index (χ0n) is 12.1. The first-order valence-electron chi connectivity index (χ1n) is 6.55. The molecule has 0 aliphatic heterocycles. The van der Waals surface area contributed by atoms with Crippen LogP contribution in [0.2, 0.25) is 0 Å². The molecule has 1 aromatic rings. The molecule has 1 amide bonds. The summed E-state index contributed by atoms with van der Waals surface area (Å²) in [5.74, 6) is -1.41. The molecule has 2 rings (SSSR count). The lowest BCUT2D eigenvalue weighted by atomic mass is 9.64. The molecular weight excluding hydrogens is 279 g/mol. The third kappa shape index (κ3) is 2.73. The Morgan fingerprint density at radius 2 is 2.19 bits per heavy atom. The van der Waals surface area contributed by atoms with E-state index in [9.17, 15) is 19.3 Å². The summed E-state index contributed by atoms with van der Waals surface area (Å²) >= 11 is 0. The van der Waals surface area contributed by atoms with E-state index < -0.39 is 22.3 Å². The number of halogens is 1. The fraction of sp³-hybridized carbons (Fsp3) is 0.500. The van der Waals surface area contributed by atoms with Gasteiger partial charge >= 0.3 is 5.69 Å². The molecule has 1 fully saturated rings. The Balaban J connectivity index is 2.12. The SMILES string of the molecule is COC1CC(NC(=O)c2ccc(F)c([N+](=O)[O-])c2)C1(C)C. The quantitative estimate of drug-likeness (QED) is 0.682. The van der Waals surface area contributed by atoms with Gasteiger partial charge in [0, 0.05) is 30.2 Å². The van der Waals surface area contributed by atoms with Crippen LogP contribution in [0, 0.1) is 21.3 Å². The first-order chi connectivity index (χ1) is 9.77. The molecule has 0 bridgehead atoms. The Bertz CT molecular complexity index is 588. The highest BCUT2D eigenvalue weighted by molar-refractivity contribution is 5.95. The molecule has 114 valence electrons. The first kappa shape index (κ1) is 15.4. The molecular formula is C14H17FN2O4. The van der Waals surface area contributed by atoms with E-state index in [1.165, 1.54) is 6.07 Å². The summed E-state index contributed by atoms with van der Waals surface area (Å²) in [7, 11) is 1.62. The van der Waals surface area contributed by atoms with Crippen LogP contribution in [0.1, 0.15) is 30.6 Å². The van der Waals surface area contributed by atoms with Gasteiger partial charge in [-0.25, -0.2) is 0 Å². The molecule has 1 aliphatic carbocycles. The van der Waals surface area contributed by atoms with E-state index in [0.717, 1.165) is 12.1 Å². The lowest BCUT2D eigenvalue weighted by Crippen LogP contribution is -2.61. The predicted molar refractivity (Wildman–Crippen MR) is 73.5 cm³/mol.